The summed E-state index contributed by atoms with van der Waals surface area (Å²) in [5.41, 5.74) is 0.956. The number of nitrogens with zero attached hydrogens (tertiary/aromatic N) is 5. The number of aromatic nitrogens is 5. The van der Waals surface area contributed by atoms with Gasteiger partial charge in [0.15, 0.2) is 11.6 Å². The number of carbonyl (C=O) groups excluding carboxylic acids is 1. The number of ether oxygens (including phenoxy) is 1. The number of aromatic amines is 1. The highest BCUT2D eigenvalue weighted by Crippen LogP contribution is 2.28. The van der Waals surface area contributed by atoms with Crippen molar-refractivity contribution in [2.45, 2.75) is 38.5 Å². The molecule has 1 fully saturated rings. The lowest BCUT2D eigenvalue weighted by Gasteiger charge is -2.34. The number of H-pyrrole nitrogens is 1. The van der Waals surface area contributed by atoms with Crippen LogP contribution in [0, 0.1) is 0 Å². The SMILES string of the molecule is COCc1nc(C2CCCCN2C(=O)NCc2ccnn2C)n[nH]1. The van der Waals surface area contributed by atoms with Gasteiger partial charge >= 0.3 is 6.03 Å². The van der Waals surface area contributed by atoms with Crippen molar-refractivity contribution in [2.75, 3.05) is 13.7 Å². The highest BCUT2D eigenvalue weighted by atomic mass is 16.5. The molecule has 130 valence electrons. The molecule has 9 nitrogen and oxygen atoms in total. The maximum Gasteiger partial charge on any atom is 0.318 e. The van der Waals surface area contributed by atoms with Crippen LogP contribution in [0.4, 0.5) is 4.79 Å². The molecule has 1 saturated heterocycles. The molecule has 0 bridgehead atoms. The molecule has 0 aromatic carbocycles. The second-order valence-corrected chi connectivity index (χ2v) is 5.88. The third-order valence-electron chi connectivity index (χ3n) is 4.23. The van der Waals surface area contributed by atoms with Crippen LogP contribution in [-0.2, 0) is 24.9 Å². The lowest BCUT2D eigenvalue weighted by molar-refractivity contribution is 0.147. The van der Waals surface area contributed by atoms with E-state index in [1.807, 2.05) is 18.0 Å². The molecule has 24 heavy (non-hydrogen) atoms. The molecule has 3 heterocycles. The van der Waals surface area contributed by atoms with Crippen LogP contribution in [0.25, 0.3) is 0 Å². The molecule has 0 spiro atoms. The van der Waals surface area contributed by atoms with E-state index < -0.39 is 0 Å². The van der Waals surface area contributed by atoms with Crippen LogP contribution in [0.1, 0.15) is 42.6 Å². The van der Waals surface area contributed by atoms with Crippen molar-refractivity contribution in [3.8, 4) is 0 Å². The Morgan fingerprint density at radius 1 is 1.50 bits per heavy atom. The van der Waals surface area contributed by atoms with E-state index in [0.29, 0.717) is 31.3 Å². The van der Waals surface area contributed by atoms with Gasteiger partial charge in [-0.05, 0) is 25.3 Å². The van der Waals surface area contributed by atoms with E-state index in [1.165, 1.54) is 0 Å². The fourth-order valence-electron chi connectivity index (χ4n) is 2.95. The Morgan fingerprint density at radius 2 is 2.38 bits per heavy atom. The van der Waals surface area contributed by atoms with Gasteiger partial charge in [0, 0.05) is 26.9 Å². The number of amides is 2. The molecule has 0 saturated carbocycles. The predicted molar refractivity (Wildman–Crippen MR) is 85.8 cm³/mol. The molecule has 1 aliphatic heterocycles. The maximum atomic E-state index is 12.6. The standard InChI is InChI=1S/C15H23N7O2/c1-21-11(6-7-17-21)9-16-15(23)22-8-4-3-5-12(22)14-18-13(10-24-2)19-20-14/h6-7,12H,3-5,8-10H2,1-2H3,(H,16,23)(H,18,19,20). The monoisotopic (exact) mass is 333 g/mol. The van der Waals surface area contributed by atoms with Crippen molar-refractivity contribution in [2.24, 2.45) is 7.05 Å². The first kappa shape index (κ1) is 16.4. The van der Waals surface area contributed by atoms with Gasteiger partial charge in [-0.2, -0.15) is 10.2 Å². The third-order valence-corrected chi connectivity index (χ3v) is 4.23. The largest absolute Gasteiger partial charge is 0.377 e. The maximum absolute atomic E-state index is 12.6. The molecule has 1 atom stereocenters. The quantitative estimate of drug-likeness (QED) is 0.854. The van der Waals surface area contributed by atoms with Crippen LogP contribution in [0.2, 0.25) is 0 Å². The van der Waals surface area contributed by atoms with Gasteiger partial charge in [-0.15, -0.1) is 0 Å². The number of piperidine rings is 1. The summed E-state index contributed by atoms with van der Waals surface area (Å²) in [6.07, 6.45) is 4.63. The van der Waals surface area contributed by atoms with Gasteiger partial charge < -0.3 is 15.0 Å². The Labute approximate surface area is 140 Å². The smallest absolute Gasteiger partial charge is 0.318 e. The molecule has 0 radical (unpaired) electrons. The minimum atomic E-state index is -0.104. The Hall–Kier alpha value is -2.42. The number of aryl methyl sites for hydroxylation is 1. The summed E-state index contributed by atoms with van der Waals surface area (Å²) in [6, 6.07) is 1.69. The number of rotatable bonds is 5. The second kappa shape index (κ2) is 7.43. The molecule has 0 aliphatic carbocycles. The Kier molecular flexibility index (Phi) is 5.09. The summed E-state index contributed by atoms with van der Waals surface area (Å²) in [4.78, 5) is 18.9. The highest BCUT2D eigenvalue weighted by molar-refractivity contribution is 5.74. The van der Waals surface area contributed by atoms with Gasteiger partial charge in [-0.1, -0.05) is 0 Å². The van der Waals surface area contributed by atoms with Crippen LogP contribution >= 0.6 is 0 Å². The zero-order chi connectivity index (χ0) is 16.9. The minimum Gasteiger partial charge on any atom is -0.377 e. The molecular formula is C15H23N7O2. The molecule has 2 aromatic heterocycles. The van der Waals surface area contributed by atoms with Gasteiger partial charge in [-0.25, -0.2) is 9.78 Å². The summed E-state index contributed by atoms with van der Waals surface area (Å²) < 4.78 is 6.81. The second-order valence-electron chi connectivity index (χ2n) is 5.88. The molecule has 2 amide bonds. The number of hydrogen-bond acceptors (Lipinski definition) is 5. The molecular weight excluding hydrogens is 310 g/mol. The Bertz CT molecular complexity index is 681. The Balaban J connectivity index is 1.66. The molecule has 1 aliphatic rings. The van der Waals surface area contributed by atoms with E-state index in [9.17, 15) is 4.79 Å². The minimum absolute atomic E-state index is 0.0982. The van der Waals surface area contributed by atoms with Gasteiger partial charge in [0.05, 0.1) is 18.3 Å². The van der Waals surface area contributed by atoms with Gasteiger partial charge in [0.25, 0.3) is 0 Å². The van der Waals surface area contributed by atoms with Crippen molar-refractivity contribution < 1.29 is 9.53 Å². The van der Waals surface area contributed by atoms with Crippen molar-refractivity contribution >= 4 is 6.03 Å². The van der Waals surface area contributed by atoms with Gasteiger partial charge in [-0.3, -0.25) is 9.78 Å². The van der Waals surface area contributed by atoms with Crippen molar-refractivity contribution in [1.82, 2.24) is 35.2 Å². The van der Waals surface area contributed by atoms with E-state index in [2.05, 4.69) is 25.6 Å². The fraction of sp³-hybridized carbons (Fsp3) is 0.600. The van der Waals surface area contributed by atoms with Gasteiger partial charge in [0.1, 0.15) is 6.61 Å². The highest BCUT2D eigenvalue weighted by Gasteiger charge is 2.30. The van der Waals surface area contributed by atoms with E-state index in [1.54, 1.807) is 18.0 Å². The lowest BCUT2D eigenvalue weighted by atomic mass is 10.0. The van der Waals surface area contributed by atoms with Crippen molar-refractivity contribution in [3.63, 3.8) is 0 Å². The van der Waals surface area contributed by atoms with Crippen LogP contribution in [0.5, 0.6) is 0 Å². The van der Waals surface area contributed by atoms with Crippen LogP contribution in [0.3, 0.4) is 0 Å². The summed E-state index contributed by atoms with van der Waals surface area (Å²) in [5.74, 6) is 1.32. The molecule has 9 heteroatoms. The number of methoxy groups -OCH3 is 1. The number of urea groups is 1. The Morgan fingerprint density at radius 3 is 3.12 bits per heavy atom. The van der Waals surface area contributed by atoms with Crippen LogP contribution in [-0.4, -0.2) is 49.5 Å². The molecule has 1 unspecified atom stereocenters. The van der Waals surface area contributed by atoms with Crippen molar-refractivity contribution in [1.29, 1.82) is 0 Å². The first-order valence-corrected chi connectivity index (χ1v) is 8.10. The van der Waals surface area contributed by atoms with E-state index in [0.717, 1.165) is 25.0 Å². The van der Waals surface area contributed by atoms with E-state index in [-0.39, 0.29) is 12.1 Å². The van der Waals surface area contributed by atoms with Gasteiger partial charge in [0.2, 0.25) is 0 Å². The zero-order valence-electron chi connectivity index (χ0n) is 14.0. The summed E-state index contributed by atoms with van der Waals surface area (Å²) in [7, 11) is 3.47. The molecule has 2 N–H and O–H groups in total. The topological polar surface area (TPSA) is 101 Å². The summed E-state index contributed by atoms with van der Waals surface area (Å²) in [6.45, 7) is 1.53. The van der Waals surface area contributed by atoms with Crippen LogP contribution in [0.15, 0.2) is 12.3 Å². The number of carbonyl (C=O) groups is 1. The first-order chi connectivity index (χ1) is 11.7. The van der Waals surface area contributed by atoms with Crippen molar-refractivity contribution in [3.05, 3.63) is 29.6 Å². The van der Waals surface area contributed by atoms with Crippen LogP contribution < -0.4 is 5.32 Å². The molecule has 2 aromatic rings. The summed E-state index contributed by atoms with van der Waals surface area (Å²) in [5, 5.41) is 14.2. The number of likely N-dealkylation sites (tertiary alicyclic amines) is 1. The van der Waals surface area contributed by atoms with E-state index in [4.69, 9.17) is 4.74 Å². The lowest BCUT2D eigenvalue weighted by Crippen LogP contribution is -2.44. The third kappa shape index (κ3) is 3.56. The zero-order valence-corrected chi connectivity index (χ0v) is 14.0. The average Bonchev–Trinajstić information content (AvgIpc) is 3.22. The number of hydrogen-bond donors (Lipinski definition) is 2. The first-order valence-electron chi connectivity index (χ1n) is 8.10. The fourth-order valence-corrected chi connectivity index (χ4v) is 2.95. The number of nitrogens with one attached hydrogen (secondary N) is 2. The summed E-state index contributed by atoms with van der Waals surface area (Å²) >= 11 is 0. The molecule has 3 rings (SSSR count). The predicted octanol–water partition coefficient (Wildman–Crippen LogP) is 1.12. The van der Waals surface area contributed by atoms with E-state index >= 15 is 0 Å². The average molecular weight is 333 g/mol. The normalized spacial score (nSPS) is 17.9.